The van der Waals surface area contributed by atoms with E-state index in [0.717, 1.165) is 35.5 Å². The summed E-state index contributed by atoms with van der Waals surface area (Å²) in [4.78, 5) is 6.45. The highest BCUT2D eigenvalue weighted by Crippen LogP contribution is 2.34. The Morgan fingerprint density at radius 2 is 2.07 bits per heavy atom. The van der Waals surface area contributed by atoms with E-state index in [2.05, 4.69) is 15.2 Å². The second-order valence-corrected chi connectivity index (χ2v) is 8.02. The summed E-state index contributed by atoms with van der Waals surface area (Å²) in [6.45, 7) is 1.44. The minimum Gasteiger partial charge on any atom is -0.505 e. The number of nitrogens with one attached hydrogen (secondary N) is 1. The van der Waals surface area contributed by atoms with E-state index in [1.54, 1.807) is 24.4 Å². The molecule has 6 heteroatoms. The van der Waals surface area contributed by atoms with Crippen molar-refractivity contribution in [2.75, 3.05) is 18.9 Å². The van der Waals surface area contributed by atoms with Gasteiger partial charge in [0.2, 0.25) is 0 Å². The summed E-state index contributed by atoms with van der Waals surface area (Å²) in [5.74, 6) is -0.0681. The molecule has 1 aromatic heterocycles. The number of hydrogen-bond acceptors (Lipinski definition) is 4. The maximum Gasteiger partial charge on any atom is 0.167 e. The lowest BCUT2D eigenvalue weighted by Gasteiger charge is -2.19. The molecule has 3 aromatic rings. The molecule has 1 saturated carbocycles. The standard InChI is InChI=1S/C22H23ClFN3O/c1-27(9-7-14-2-3-14)13-15-10-17(12-19(24)22(15)28)26-20-6-8-25-21-11-16(23)4-5-18(20)21/h4-6,8,10-12,14,28H,2-3,7,9,13H2,1H3,(H,25,26). The molecule has 1 fully saturated rings. The number of rotatable bonds is 7. The van der Waals surface area contributed by atoms with Crippen molar-refractivity contribution < 1.29 is 9.50 Å². The first-order valence-electron chi connectivity index (χ1n) is 9.51. The summed E-state index contributed by atoms with van der Waals surface area (Å²) in [5.41, 5.74) is 2.72. The van der Waals surface area contributed by atoms with E-state index < -0.39 is 5.82 Å². The lowest BCUT2D eigenvalue weighted by atomic mass is 10.1. The van der Waals surface area contributed by atoms with Crippen molar-refractivity contribution in [2.24, 2.45) is 5.92 Å². The molecule has 2 aromatic carbocycles. The number of aromatic nitrogens is 1. The summed E-state index contributed by atoms with van der Waals surface area (Å²) in [6, 6.07) is 10.4. The zero-order valence-electron chi connectivity index (χ0n) is 15.8. The number of fused-ring (bicyclic) bond motifs is 1. The van der Waals surface area contributed by atoms with Crippen molar-refractivity contribution >= 4 is 33.9 Å². The van der Waals surface area contributed by atoms with Crippen LogP contribution in [0.5, 0.6) is 5.75 Å². The van der Waals surface area contributed by atoms with Gasteiger partial charge in [-0.3, -0.25) is 4.98 Å². The van der Waals surface area contributed by atoms with Crippen molar-refractivity contribution in [2.45, 2.75) is 25.8 Å². The number of phenolic OH excluding ortho intramolecular Hbond substituents is 1. The third-order valence-corrected chi connectivity index (χ3v) is 5.42. The van der Waals surface area contributed by atoms with E-state index in [9.17, 15) is 9.50 Å². The first kappa shape index (κ1) is 19.0. The molecule has 0 bridgehead atoms. The Kier molecular flexibility index (Phi) is 5.38. The summed E-state index contributed by atoms with van der Waals surface area (Å²) in [7, 11) is 2.00. The number of halogens is 2. The lowest BCUT2D eigenvalue weighted by Crippen LogP contribution is -2.19. The van der Waals surface area contributed by atoms with Gasteiger partial charge in [0.25, 0.3) is 0 Å². The first-order valence-corrected chi connectivity index (χ1v) is 9.88. The highest BCUT2D eigenvalue weighted by Gasteiger charge is 2.21. The van der Waals surface area contributed by atoms with Gasteiger partial charge in [-0.15, -0.1) is 0 Å². The van der Waals surface area contributed by atoms with Gasteiger partial charge in [-0.05, 0) is 56.3 Å². The quantitative estimate of drug-likeness (QED) is 0.500. The molecule has 4 nitrogen and oxygen atoms in total. The van der Waals surface area contributed by atoms with Gasteiger partial charge in [-0.25, -0.2) is 4.39 Å². The normalized spacial score (nSPS) is 14.0. The monoisotopic (exact) mass is 399 g/mol. The molecule has 146 valence electrons. The van der Waals surface area contributed by atoms with Gasteiger partial charge in [-0.1, -0.05) is 24.4 Å². The van der Waals surface area contributed by atoms with Crippen LogP contribution in [0.25, 0.3) is 10.9 Å². The van der Waals surface area contributed by atoms with Gasteiger partial charge in [0.05, 0.1) is 5.52 Å². The topological polar surface area (TPSA) is 48.4 Å². The molecule has 0 unspecified atom stereocenters. The Balaban J connectivity index is 1.57. The van der Waals surface area contributed by atoms with Gasteiger partial charge in [0.15, 0.2) is 11.6 Å². The predicted molar refractivity (Wildman–Crippen MR) is 112 cm³/mol. The Labute approximate surface area is 169 Å². The van der Waals surface area contributed by atoms with Crippen molar-refractivity contribution in [3.05, 3.63) is 59.0 Å². The van der Waals surface area contributed by atoms with Crippen molar-refractivity contribution in [1.29, 1.82) is 0 Å². The first-order chi connectivity index (χ1) is 13.5. The summed E-state index contributed by atoms with van der Waals surface area (Å²) >= 11 is 6.05. The zero-order chi connectivity index (χ0) is 19.7. The number of anilines is 2. The van der Waals surface area contributed by atoms with Crippen LogP contribution in [-0.4, -0.2) is 28.6 Å². The molecule has 2 N–H and O–H groups in total. The molecule has 4 rings (SSSR count). The van der Waals surface area contributed by atoms with Crippen LogP contribution in [0.15, 0.2) is 42.6 Å². The number of benzene rings is 2. The van der Waals surface area contributed by atoms with Crippen LogP contribution in [0.4, 0.5) is 15.8 Å². The van der Waals surface area contributed by atoms with Crippen LogP contribution < -0.4 is 5.32 Å². The molecule has 1 aliphatic carbocycles. The van der Waals surface area contributed by atoms with E-state index in [-0.39, 0.29) is 5.75 Å². The average molecular weight is 400 g/mol. The summed E-state index contributed by atoms with van der Waals surface area (Å²) < 4.78 is 14.3. The molecule has 28 heavy (non-hydrogen) atoms. The Morgan fingerprint density at radius 1 is 1.25 bits per heavy atom. The van der Waals surface area contributed by atoms with Crippen molar-refractivity contribution in [1.82, 2.24) is 9.88 Å². The largest absolute Gasteiger partial charge is 0.505 e. The van der Waals surface area contributed by atoms with E-state index >= 15 is 0 Å². The van der Waals surface area contributed by atoms with Crippen LogP contribution in [0.1, 0.15) is 24.8 Å². The third-order valence-electron chi connectivity index (χ3n) is 5.18. The van der Waals surface area contributed by atoms with Crippen LogP contribution in [0.3, 0.4) is 0 Å². The molecule has 1 heterocycles. The minimum absolute atomic E-state index is 0.282. The second kappa shape index (κ2) is 7.94. The Bertz CT molecular complexity index is 1010. The molecule has 0 amide bonds. The van der Waals surface area contributed by atoms with Crippen LogP contribution >= 0.6 is 11.6 Å². The number of pyridine rings is 1. The van der Waals surface area contributed by atoms with Crippen molar-refractivity contribution in [3.63, 3.8) is 0 Å². The predicted octanol–water partition coefficient (Wildman–Crippen LogP) is 5.71. The molecular weight excluding hydrogens is 377 g/mol. The van der Waals surface area contributed by atoms with Gasteiger partial charge >= 0.3 is 0 Å². The maximum absolute atomic E-state index is 14.3. The Hall–Kier alpha value is -2.37. The SMILES string of the molecule is CN(CCC1CC1)Cc1cc(Nc2ccnc3cc(Cl)ccc23)cc(F)c1O. The molecule has 0 aliphatic heterocycles. The molecule has 0 saturated heterocycles. The third kappa shape index (κ3) is 4.37. The second-order valence-electron chi connectivity index (χ2n) is 7.58. The molecular formula is C22H23ClFN3O. The summed E-state index contributed by atoms with van der Waals surface area (Å²) in [5, 5.41) is 14.9. The van der Waals surface area contributed by atoms with Gasteiger partial charge < -0.3 is 15.3 Å². The van der Waals surface area contributed by atoms with Crippen LogP contribution in [0.2, 0.25) is 5.02 Å². The fraction of sp³-hybridized carbons (Fsp3) is 0.318. The van der Waals surface area contributed by atoms with E-state index in [1.165, 1.54) is 18.9 Å². The molecule has 0 atom stereocenters. The van der Waals surface area contributed by atoms with E-state index in [1.807, 2.05) is 19.2 Å². The fourth-order valence-corrected chi connectivity index (χ4v) is 3.58. The molecule has 0 spiro atoms. The number of phenols is 1. The van der Waals surface area contributed by atoms with Gasteiger partial charge in [0.1, 0.15) is 0 Å². The number of nitrogens with zero attached hydrogens (tertiary/aromatic N) is 2. The average Bonchev–Trinajstić information content (AvgIpc) is 3.48. The van der Waals surface area contributed by atoms with Crippen LogP contribution in [-0.2, 0) is 6.54 Å². The molecule has 1 aliphatic rings. The molecule has 0 radical (unpaired) electrons. The van der Waals surface area contributed by atoms with Crippen molar-refractivity contribution in [3.8, 4) is 5.75 Å². The number of hydrogen-bond donors (Lipinski definition) is 2. The summed E-state index contributed by atoms with van der Waals surface area (Å²) in [6.07, 6.45) is 5.48. The minimum atomic E-state index is -0.628. The van der Waals surface area contributed by atoms with E-state index in [0.29, 0.717) is 22.8 Å². The van der Waals surface area contributed by atoms with Crippen LogP contribution in [0, 0.1) is 11.7 Å². The lowest BCUT2D eigenvalue weighted by molar-refractivity contribution is 0.307. The maximum atomic E-state index is 14.3. The zero-order valence-corrected chi connectivity index (χ0v) is 16.5. The van der Waals surface area contributed by atoms with Gasteiger partial charge in [-0.2, -0.15) is 0 Å². The highest BCUT2D eigenvalue weighted by atomic mass is 35.5. The number of aromatic hydroxyl groups is 1. The highest BCUT2D eigenvalue weighted by molar-refractivity contribution is 6.31. The smallest absolute Gasteiger partial charge is 0.167 e. The fourth-order valence-electron chi connectivity index (χ4n) is 3.41. The Morgan fingerprint density at radius 3 is 2.86 bits per heavy atom. The van der Waals surface area contributed by atoms with E-state index in [4.69, 9.17) is 11.6 Å². The van der Waals surface area contributed by atoms with Gasteiger partial charge in [0, 0.05) is 46.2 Å².